The predicted molar refractivity (Wildman–Crippen MR) is 111 cm³/mol. The largest absolute Gasteiger partial charge is 0.357 e. The average Bonchev–Trinajstić information content (AvgIpc) is 2.68. The summed E-state index contributed by atoms with van der Waals surface area (Å²) >= 11 is 1.53. The van der Waals surface area contributed by atoms with Gasteiger partial charge in [0.15, 0.2) is 5.16 Å². The highest BCUT2D eigenvalue weighted by atomic mass is 32.2. The van der Waals surface area contributed by atoms with Crippen molar-refractivity contribution in [1.29, 1.82) is 0 Å². The minimum atomic E-state index is -0.0183. The van der Waals surface area contributed by atoms with Gasteiger partial charge in [-0.15, -0.1) is 0 Å². The maximum atomic E-state index is 12.3. The minimum Gasteiger partial charge on any atom is -0.357 e. The van der Waals surface area contributed by atoms with Gasteiger partial charge in [-0.05, 0) is 63.5 Å². The summed E-state index contributed by atoms with van der Waals surface area (Å²) in [5.74, 6) is 0.972. The van der Waals surface area contributed by atoms with Gasteiger partial charge in [-0.2, -0.15) is 0 Å². The van der Waals surface area contributed by atoms with E-state index in [0.717, 1.165) is 46.7 Å². The maximum absolute atomic E-state index is 12.3. The van der Waals surface area contributed by atoms with Gasteiger partial charge in [0.1, 0.15) is 5.82 Å². The highest BCUT2D eigenvalue weighted by Gasteiger charge is 2.13. The minimum absolute atomic E-state index is 0.0183. The standard InChI is InChI=1S/C20H27N5OS/c1-14-17(15(2)23-20(22-14)27-3)8-10-19(26)24-16-7-9-18(21-13-16)25-11-5-4-6-12-25/h7,9,13H,4-6,8,10-12H2,1-3H3,(H,24,26). The lowest BCUT2D eigenvalue weighted by molar-refractivity contribution is -0.116. The van der Waals surface area contributed by atoms with Crippen LogP contribution in [0.1, 0.15) is 42.6 Å². The van der Waals surface area contributed by atoms with E-state index in [2.05, 4.69) is 25.2 Å². The lowest BCUT2D eigenvalue weighted by Crippen LogP contribution is -2.30. The Bertz CT molecular complexity index is 764. The van der Waals surface area contributed by atoms with Gasteiger partial charge in [-0.1, -0.05) is 11.8 Å². The number of hydrogen-bond donors (Lipinski definition) is 1. The number of pyridine rings is 1. The smallest absolute Gasteiger partial charge is 0.224 e. The van der Waals surface area contributed by atoms with E-state index in [4.69, 9.17) is 0 Å². The van der Waals surface area contributed by atoms with Crippen LogP contribution in [-0.2, 0) is 11.2 Å². The zero-order valence-corrected chi connectivity index (χ0v) is 17.1. The molecule has 0 radical (unpaired) electrons. The van der Waals surface area contributed by atoms with E-state index >= 15 is 0 Å². The summed E-state index contributed by atoms with van der Waals surface area (Å²) < 4.78 is 0. The monoisotopic (exact) mass is 385 g/mol. The number of carbonyl (C=O) groups is 1. The Morgan fingerprint density at radius 2 is 1.85 bits per heavy atom. The molecule has 27 heavy (non-hydrogen) atoms. The second kappa shape index (κ2) is 9.17. The summed E-state index contributed by atoms with van der Waals surface area (Å²) in [6.45, 7) is 6.08. The number of aromatic nitrogens is 3. The molecule has 0 saturated carbocycles. The first-order chi connectivity index (χ1) is 13.1. The molecule has 0 bridgehead atoms. The van der Waals surface area contributed by atoms with Crippen LogP contribution in [0.4, 0.5) is 11.5 Å². The molecule has 7 heteroatoms. The fourth-order valence-corrected chi connectivity index (χ4v) is 3.85. The van der Waals surface area contributed by atoms with E-state index in [1.807, 2.05) is 32.2 Å². The molecule has 0 aromatic carbocycles. The highest BCUT2D eigenvalue weighted by Crippen LogP contribution is 2.20. The molecule has 3 rings (SSSR count). The number of hydrogen-bond acceptors (Lipinski definition) is 6. The van der Waals surface area contributed by atoms with Crippen LogP contribution in [0.2, 0.25) is 0 Å². The van der Waals surface area contributed by atoms with E-state index in [9.17, 15) is 4.79 Å². The Balaban J connectivity index is 1.55. The van der Waals surface area contributed by atoms with Crippen LogP contribution in [0, 0.1) is 13.8 Å². The van der Waals surface area contributed by atoms with Crippen molar-refractivity contribution in [3.8, 4) is 0 Å². The van der Waals surface area contributed by atoms with Crippen molar-refractivity contribution >= 4 is 29.2 Å². The summed E-state index contributed by atoms with van der Waals surface area (Å²) in [5, 5.41) is 3.71. The number of nitrogens with zero attached hydrogens (tertiary/aromatic N) is 4. The molecule has 0 spiro atoms. The van der Waals surface area contributed by atoms with Crippen molar-refractivity contribution in [3.63, 3.8) is 0 Å². The van der Waals surface area contributed by atoms with Crippen molar-refractivity contribution in [1.82, 2.24) is 15.0 Å². The van der Waals surface area contributed by atoms with Crippen LogP contribution in [0.3, 0.4) is 0 Å². The van der Waals surface area contributed by atoms with Gasteiger partial charge in [0.2, 0.25) is 5.91 Å². The molecule has 144 valence electrons. The van der Waals surface area contributed by atoms with Gasteiger partial charge >= 0.3 is 0 Å². The second-order valence-corrected chi connectivity index (χ2v) is 7.63. The quantitative estimate of drug-likeness (QED) is 0.603. The molecule has 1 fully saturated rings. The highest BCUT2D eigenvalue weighted by molar-refractivity contribution is 7.98. The molecule has 1 aliphatic rings. The Morgan fingerprint density at radius 1 is 1.15 bits per heavy atom. The first kappa shape index (κ1) is 19.6. The first-order valence-corrected chi connectivity index (χ1v) is 10.7. The molecule has 0 atom stereocenters. The Labute approximate surface area is 165 Å². The molecule has 1 N–H and O–H groups in total. The van der Waals surface area contributed by atoms with E-state index in [-0.39, 0.29) is 5.91 Å². The Morgan fingerprint density at radius 3 is 2.44 bits per heavy atom. The van der Waals surface area contributed by atoms with Gasteiger partial charge in [0.25, 0.3) is 0 Å². The molecule has 6 nitrogen and oxygen atoms in total. The number of amides is 1. The third kappa shape index (κ3) is 5.19. The number of anilines is 2. The van der Waals surface area contributed by atoms with Crippen molar-refractivity contribution < 1.29 is 4.79 Å². The molecule has 0 unspecified atom stereocenters. The van der Waals surface area contributed by atoms with Crippen LogP contribution >= 0.6 is 11.8 Å². The number of aryl methyl sites for hydroxylation is 2. The van der Waals surface area contributed by atoms with E-state index in [1.165, 1.54) is 31.0 Å². The molecule has 2 aromatic heterocycles. The zero-order chi connectivity index (χ0) is 19.2. The molecule has 1 amide bonds. The maximum Gasteiger partial charge on any atom is 0.224 e. The number of rotatable bonds is 6. The van der Waals surface area contributed by atoms with Crippen molar-refractivity contribution in [2.45, 2.75) is 51.1 Å². The van der Waals surface area contributed by atoms with Crippen LogP contribution in [0.25, 0.3) is 0 Å². The lowest BCUT2D eigenvalue weighted by atomic mass is 10.1. The molecular weight excluding hydrogens is 358 g/mol. The summed E-state index contributed by atoms with van der Waals surface area (Å²) in [5.41, 5.74) is 3.70. The van der Waals surface area contributed by atoms with Gasteiger partial charge in [-0.3, -0.25) is 4.79 Å². The Kier molecular flexibility index (Phi) is 6.66. The van der Waals surface area contributed by atoms with Crippen molar-refractivity contribution in [2.75, 3.05) is 29.6 Å². The number of thioether (sulfide) groups is 1. The van der Waals surface area contributed by atoms with Gasteiger partial charge < -0.3 is 10.2 Å². The normalized spacial score (nSPS) is 14.3. The van der Waals surface area contributed by atoms with Crippen LogP contribution in [0.15, 0.2) is 23.5 Å². The number of nitrogens with one attached hydrogen (secondary N) is 1. The summed E-state index contributed by atoms with van der Waals surface area (Å²) in [6, 6.07) is 3.92. The molecule has 3 heterocycles. The average molecular weight is 386 g/mol. The number of piperidine rings is 1. The second-order valence-electron chi connectivity index (χ2n) is 6.86. The molecule has 0 aliphatic carbocycles. The van der Waals surface area contributed by atoms with E-state index in [0.29, 0.717) is 12.8 Å². The fourth-order valence-electron chi connectivity index (χ4n) is 3.39. The van der Waals surface area contributed by atoms with Crippen LogP contribution in [0.5, 0.6) is 0 Å². The van der Waals surface area contributed by atoms with Crippen molar-refractivity contribution in [3.05, 3.63) is 35.3 Å². The molecule has 1 aliphatic heterocycles. The third-order valence-corrected chi connectivity index (χ3v) is 5.44. The van der Waals surface area contributed by atoms with Gasteiger partial charge in [0, 0.05) is 30.9 Å². The third-order valence-electron chi connectivity index (χ3n) is 4.90. The predicted octanol–water partition coefficient (Wildman–Crippen LogP) is 3.77. The first-order valence-electron chi connectivity index (χ1n) is 9.46. The number of carbonyl (C=O) groups excluding carboxylic acids is 1. The summed E-state index contributed by atoms with van der Waals surface area (Å²) in [7, 11) is 0. The zero-order valence-electron chi connectivity index (χ0n) is 16.3. The molecule has 2 aromatic rings. The lowest BCUT2D eigenvalue weighted by Gasteiger charge is -2.27. The molecule has 1 saturated heterocycles. The van der Waals surface area contributed by atoms with Crippen LogP contribution in [-0.4, -0.2) is 40.2 Å². The van der Waals surface area contributed by atoms with Gasteiger partial charge in [0.05, 0.1) is 11.9 Å². The SMILES string of the molecule is CSc1nc(C)c(CCC(=O)Nc2ccc(N3CCCCC3)nc2)c(C)n1. The Hall–Kier alpha value is -2.15. The summed E-state index contributed by atoms with van der Waals surface area (Å²) in [4.78, 5) is 28.1. The fraction of sp³-hybridized carbons (Fsp3) is 0.500. The topological polar surface area (TPSA) is 71.0 Å². The van der Waals surface area contributed by atoms with Gasteiger partial charge in [-0.25, -0.2) is 15.0 Å². The van der Waals surface area contributed by atoms with Crippen molar-refractivity contribution in [2.24, 2.45) is 0 Å². The summed E-state index contributed by atoms with van der Waals surface area (Å²) in [6.07, 6.45) is 8.49. The van der Waals surface area contributed by atoms with Crippen LogP contribution < -0.4 is 10.2 Å². The molecular formula is C20H27N5OS. The van der Waals surface area contributed by atoms with E-state index < -0.39 is 0 Å². The van der Waals surface area contributed by atoms with E-state index in [1.54, 1.807) is 6.20 Å².